The second-order valence-corrected chi connectivity index (χ2v) is 20.7. The average molecular weight is 979 g/mol. The van der Waals surface area contributed by atoms with Crippen LogP contribution in [0.3, 0.4) is 0 Å². The molecule has 17 nitrogen and oxygen atoms in total. The van der Waals surface area contributed by atoms with E-state index in [0.29, 0.717) is 94.9 Å². The van der Waals surface area contributed by atoms with Crippen molar-refractivity contribution in [1.29, 1.82) is 0 Å². The van der Waals surface area contributed by atoms with E-state index in [9.17, 15) is 45.3 Å². The van der Waals surface area contributed by atoms with Crippen molar-refractivity contribution < 1.29 is 59.5 Å². The number of carbonyl (C=O) groups excluding carboxylic acids is 1. The molecule has 9 atom stereocenters. The Morgan fingerprint density at radius 1 is 0.944 bits per heavy atom. The summed E-state index contributed by atoms with van der Waals surface area (Å²) in [4.78, 5) is 43.0. The molecule has 2 aliphatic carbocycles. The molecule has 5 heterocycles. The Morgan fingerprint density at radius 3 is 2.52 bits per heavy atom. The zero-order valence-corrected chi connectivity index (χ0v) is 40.2. The predicted octanol–water partition coefficient (Wildman–Crippen LogP) is 5.01. The minimum absolute atomic E-state index is 0.00582. The van der Waals surface area contributed by atoms with Gasteiger partial charge < -0.3 is 65.1 Å². The number of hydrogen-bond acceptors (Lipinski definition) is 14. The topological polar surface area (TPSA) is 261 Å². The molecule has 3 fully saturated rings. The Hall–Kier alpha value is -5.50. The molecule has 380 valence electrons. The number of phenolic OH excluding ortho intramolecular Hbond substituents is 2. The molecular formula is C54H66N4O13. The number of nitrogens with zero attached hydrogens (tertiary/aromatic N) is 1. The van der Waals surface area contributed by atoms with Crippen LogP contribution < -0.4 is 20.8 Å². The molecule has 2 saturated carbocycles. The lowest BCUT2D eigenvalue weighted by Crippen LogP contribution is -2.63. The smallest absolute Gasteiger partial charge is 0.220 e. The molecule has 3 aromatic carbocycles. The first-order valence-corrected chi connectivity index (χ1v) is 25.3. The van der Waals surface area contributed by atoms with Gasteiger partial charge >= 0.3 is 0 Å². The third-order valence-electron chi connectivity index (χ3n) is 16.2. The largest absolute Gasteiger partial charge is 0.508 e. The first-order valence-electron chi connectivity index (χ1n) is 25.3. The normalized spacial score (nSPS) is 25.0. The summed E-state index contributed by atoms with van der Waals surface area (Å²) in [6.45, 7) is 3.23. The number of aromatic amines is 1. The summed E-state index contributed by atoms with van der Waals surface area (Å²) in [6, 6.07) is 12.8. The van der Waals surface area contributed by atoms with Crippen molar-refractivity contribution in [2.24, 2.45) is 17.8 Å². The summed E-state index contributed by atoms with van der Waals surface area (Å²) in [6.07, 6.45) is 5.26. The number of benzene rings is 3. The molecule has 10 N–H and O–H groups in total. The quantitative estimate of drug-likeness (QED) is 0.0452. The van der Waals surface area contributed by atoms with Crippen molar-refractivity contribution in [3.8, 4) is 22.9 Å². The average Bonchev–Trinajstić information content (AvgIpc) is 4.10. The van der Waals surface area contributed by atoms with Gasteiger partial charge in [0, 0.05) is 84.8 Å². The van der Waals surface area contributed by atoms with E-state index in [4.69, 9.17) is 18.9 Å². The third kappa shape index (κ3) is 9.20. The van der Waals surface area contributed by atoms with Gasteiger partial charge in [-0.1, -0.05) is 32.3 Å². The van der Waals surface area contributed by atoms with Gasteiger partial charge in [0.25, 0.3) is 0 Å². The third-order valence-corrected chi connectivity index (χ3v) is 16.2. The van der Waals surface area contributed by atoms with Crippen LogP contribution in [0.5, 0.6) is 17.2 Å². The number of amides is 1. The number of aryl methyl sites for hydroxylation is 2. The van der Waals surface area contributed by atoms with Crippen molar-refractivity contribution >= 4 is 38.6 Å². The molecule has 71 heavy (non-hydrogen) atoms. The Kier molecular flexibility index (Phi) is 13.7. The van der Waals surface area contributed by atoms with Gasteiger partial charge in [-0.2, -0.15) is 0 Å². The fraction of sp³-hybridized carbons (Fsp3) is 0.519. The highest BCUT2D eigenvalue weighted by Gasteiger charge is 2.57. The number of aromatic hydroxyl groups is 2. The van der Waals surface area contributed by atoms with Crippen LogP contribution in [-0.4, -0.2) is 119 Å². The number of H-pyrrole nitrogens is 1. The monoisotopic (exact) mass is 978 g/mol. The van der Waals surface area contributed by atoms with E-state index >= 15 is 0 Å². The highest BCUT2D eigenvalue weighted by molar-refractivity contribution is 5.93. The van der Waals surface area contributed by atoms with Gasteiger partial charge in [-0.05, 0) is 105 Å². The number of fused-ring (bicyclic) bond motifs is 4. The maximum atomic E-state index is 14.0. The predicted molar refractivity (Wildman–Crippen MR) is 264 cm³/mol. The molecule has 2 aliphatic heterocycles. The fourth-order valence-electron chi connectivity index (χ4n) is 12.4. The van der Waals surface area contributed by atoms with Gasteiger partial charge in [-0.25, -0.2) is 9.78 Å². The summed E-state index contributed by atoms with van der Waals surface area (Å²) < 4.78 is 16.4. The number of rotatable bonds is 16. The van der Waals surface area contributed by atoms with Crippen molar-refractivity contribution in [2.45, 2.75) is 133 Å². The Labute approximate surface area is 410 Å². The first kappa shape index (κ1) is 49.1. The van der Waals surface area contributed by atoms with Gasteiger partial charge in [0.15, 0.2) is 16.8 Å². The fourth-order valence-corrected chi connectivity index (χ4v) is 12.4. The van der Waals surface area contributed by atoms with Crippen LogP contribution in [-0.2, 0) is 33.8 Å². The highest BCUT2D eigenvalue weighted by Crippen LogP contribution is 2.53. The van der Waals surface area contributed by atoms with Crippen LogP contribution in [0.25, 0.3) is 38.3 Å². The molecule has 10 rings (SSSR count). The van der Waals surface area contributed by atoms with E-state index in [1.54, 1.807) is 13.0 Å². The summed E-state index contributed by atoms with van der Waals surface area (Å²) in [7, 11) is 0. The first-order chi connectivity index (χ1) is 34.2. The maximum absolute atomic E-state index is 14.0. The standard InChI is InChI=1S/C54H66N4O13/c1-3-42-38-15-16-55-41(38)26-58(42)48-50-32(18-40-44(62)17-29(2)69-51(40)48)19-46(54(70-50)23-30(33-20-47(64)57-24-33)9-11-34(54)25-56-35-7-5-4-6-8-35)71-68-28-53(67,52(66)49(65)45(63)27-59)22-31-10-14-43(61)37-13-12-36(60)21-39(31)37/h10,12-18,21,26,30,33-35,45-46,49,52,55-56,59-61,63,65-67H,3-9,11,19-20,22-25,27-28H2,1-2H3,(H,57,64)/t30-,33+,34-,45-,46-,49-,52+,53+,54+/m1/s1. The molecule has 0 bridgehead atoms. The molecule has 1 saturated heterocycles. The minimum Gasteiger partial charge on any atom is -0.508 e. The van der Waals surface area contributed by atoms with Crippen LogP contribution in [0.1, 0.15) is 87.3 Å². The van der Waals surface area contributed by atoms with Crippen LogP contribution >= 0.6 is 0 Å². The van der Waals surface area contributed by atoms with Crippen LogP contribution in [0, 0.1) is 24.7 Å². The highest BCUT2D eigenvalue weighted by atomic mass is 17.2. The number of hydrogen-bond donors (Lipinski definition) is 10. The molecule has 1 amide bonds. The number of aliphatic hydroxyl groups is 5. The van der Waals surface area contributed by atoms with Gasteiger partial charge in [0.1, 0.15) is 65.2 Å². The number of aromatic nitrogens is 2. The second kappa shape index (κ2) is 19.8. The second-order valence-electron chi connectivity index (χ2n) is 20.7. The zero-order valence-electron chi connectivity index (χ0n) is 40.2. The molecule has 0 unspecified atom stereocenters. The summed E-state index contributed by atoms with van der Waals surface area (Å²) in [5.74, 6) is 0.595. The number of phenols is 2. The van der Waals surface area contributed by atoms with Crippen LogP contribution in [0.4, 0.5) is 0 Å². The molecule has 4 aliphatic rings. The van der Waals surface area contributed by atoms with Gasteiger partial charge in [-0.15, -0.1) is 0 Å². The van der Waals surface area contributed by atoms with Crippen molar-refractivity contribution in [3.05, 3.63) is 93.7 Å². The number of ether oxygens (including phenoxy) is 1. The van der Waals surface area contributed by atoms with Crippen molar-refractivity contribution in [3.63, 3.8) is 0 Å². The number of aliphatic hydroxyl groups excluding tert-OH is 4. The number of nitrogens with one attached hydrogen (secondary N) is 3. The Balaban J connectivity index is 1.10. The van der Waals surface area contributed by atoms with E-state index < -0.39 is 55.3 Å². The van der Waals surface area contributed by atoms with E-state index in [1.807, 2.05) is 18.5 Å². The van der Waals surface area contributed by atoms with E-state index in [1.165, 1.54) is 42.8 Å². The minimum atomic E-state index is -2.42. The molecule has 0 radical (unpaired) electrons. The maximum Gasteiger partial charge on any atom is 0.220 e. The molecule has 1 spiro atoms. The van der Waals surface area contributed by atoms with Crippen LogP contribution in [0.2, 0.25) is 0 Å². The van der Waals surface area contributed by atoms with E-state index in [0.717, 1.165) is 48.7 Å². The molecule has 6 aromatic rings. The Morgan fingerprint density at radius 2 is 1.76 bits per heavy atom. The SMILES string of the molecule is CCc1c2cc[nH]c2cn1-c1c2c(cc3c(=O)cc(C)oc13)C[C@@H](OOC[C@@](O)(Cc1ccc(O)c3ccc(O)cc13)[C@@H](O)[C@H](O)[C@H](O)CO)[C@@]1(C[C@H]([C@@H]3CNC(=O)C3)CC[C@@H]1CNC1CCCCC1)O2. The van der Waals surface area contributed by atoms with Crippen molar-refractivity contribution in [1.82, 2.24) is 20.2 Å². The lowest BCUT2D eigenvalue weighted by Gasteiger charge is -2.53. The number of carbonyl (C=O) groups is 1. The van der Waals surface area contributed by atoms with Gasteiger partial charge in [0.05, 0.1) is 17.5 Å². The lowest BCUT2D eigenvalue weighted by molar-refractivity contribution is -0.378. The zero-order chi connectivity index (χ0) is 49.8. The molecule has 3 aromatic heterocycles. The van der Waals surface area contributed by atoms with Crippen molar-refractivity contribution in [2.75, 3.05) is 26.3 Å². The van der Waals surface area contributed by atoms with Gasteiger partial charge in [-0.3, -0.25) is 9.59 Å². The summed E-state index contributed by atoms with van der Waals surface area (Å²) in [5, 5.41) is 86.0. The van der Waals surface area contributed by atoms with E-state index in [-0.39, 0.29) is 47.0 Å². The Bertz CT molecular complexity index is 2980. The summed E-state index contributed by atoms with van der Waals surface area (Å²) in [5.41, 5.74) is 0.0108. The molecular weight excluding hydrogens is 913 g/mol. The lowest BCUT2D eigenvalue weighted by atomic mass is 9.63. The summed E-state index contributed by atoms with van der Waals surface area (Å²) >= 11 is 0. The van der Waals surface area contributed by atoms with E-state index in [2.05, 4.69) is 27.1 Å². The van der Waals surface area contributed by atoms with Gasteiger partial charge in [0.2, 0.25) is 5.91 Å². The molecule has 17 heteroatoms. The van der Waals surface area contributed by atoms with Crippen LogP contribution in [0.15, 0.2) is 70.1 Å².